The van der Waals surface area contributed by atoms with Gasteiger partial charge in [0.2, 0.25) is 0 Å². The maximum Gasteiger partial charge on any atom is 0.323 e. The fourth-order valence-electron chi connectivity index (χ4n) is 1.06. The lowest BCUT2D eigenvalue weighted by Crippen LogP contribution is -1.96. The Kier molecular flexibility index (Phi) is 2.87. The van der Waals surface area contributed by atoms with Gasteiger partial charge in [-0.25, -0.2) is 9.37 Å². The second-order valence-electron chi connectivity index (χ2n) is 2.94. The summed E-state index contributed by atoms with van der Waals surface area (Å²) in [6, 6.07) is 5.36. The van der Waals surface area contributed by atoms with Crippen molar-refractivity contribution in [3.63, 3.8) is 0 Å². The maximum atomic E-state index is 12.8. The third-order valence-electron chi connectivity index (χ3n) is 1.75. The van der Waals surface area contributed by atoms with E-state index in [-0.39, 0.29) is 22.6 Å². The van der Waals surface area contributed by atoms with Gasteiger partial charge in [0.1, 0.15) is 17.4 Å². The van der Waals surface area contributed by atoms with Crippen LogP contribution < -0.4 is 10.5 Å². The number of ether oxygens (including phenoxy) is 1. The molecule has 2 aromatic rings. The number of hydrogen-bond acceptors (Lipinski definition) is 4. The van der Waals surface area contributed by atoms with E-state index in [9.17, 15) is 4.39 Å². The molecule has 0 fully saturated rings. The number of hydrogen-bond donors (Lipinski definition) is 1. The zero-order chi connectivity index (χ0) is 11.5. The van der Waals surface area contributed by atoms with Crippen LogP contribution in [-0.4, -0.2) is 9.97 Å². The van der Waals surface area contributed by atoms with E-state index in [1.165, 1.54) is 24.4 Å². The van der Waals surface area contributed by atoms with Gasteiger partial charge in [0.25, 0.3) is 0 Å². The average molecular weight is 240 g/mol. The number of nitrogens with zero attached hydrogens (tertiary/aromatic N) is 2. The van der Waals surface area contributed by atoms with Gasteiger partial charge in [-0.1, -0.05) is 11.6 Å². The Morgan fingerprint density at radius 2 is 2.12 bits per heavy atom. The first-order valence-corrected chi connectivity index (χ1v) is 4.74. The van der Waals surface area contributed by atoms with Crippen LogP contribution in [0.3, 0.4) is 0 Å². The molecule has 0 aliphatic heterocycles. The van der Waals surface area contributed by atoms with Crippen LogP contribution in [0.15, 0.2) is 30.5 Å². The molecule has 0 amide bonds. The Morgan fingerprint density at radius 3 is 2.81 bits per heavy atom. The zero-order valence-electron chi connectivity index (χ0n) is 8.02. The molecule has 1 aromatic carbocycles. The Hall–Kier alpha value is -1.88. The van der Waals surface area contributed by atoms with E-state index < -0.39 is 5.82 Å². The Labute approximate surface area is 95.9 Å². The number of benzene rings is 1. The van der Waals surface area contributed by atoms with Crippen LogP contribution in [0.1, 0.15) is 0 Å². The molecular weight excluding hydrogens is 233 g/mol. The summed E-state index contributed by atoms with van der Waals surface area (Å²) >= 11 is 5.77. The normalized spacial score (nSPS) is 10.1. The van der Waals surface area contributed by atoms with Gasteiger partial charge in [0.15, 0.2) is 0 Å². The molecule has 1 aromatic heterocycles. The van der Waals surface area contributed by atoms with Gasteiger partial charge >= 0.3 is 6.01 Å². The van der Waals surface area contributed by atoms with Crippen LogP contribution >= 0.6 is 11.6 Å². The van der Waals surface area contributed by atoms with Crippen LogP contribution in [0.2, 0.25) is 5.02 Å². The average Bonchev–Trinajstić information content (AvgIpc) is 2.22. The number of nitrogen functional groups attached to an aromatic ring is 1. The highest BCUT2D eigenvalue weighted by Crippen LogP contribution is 2.28. The number of nitrogens with two attached hydrogens (primary N) is 1. The molecule has 0 bridgehead atoms. The SMILES string of the molecule is Nc1ccnc(Oc2ccc(F)cc2Cl)n1. The molecule has 0 atom stereocenters. The smallest absolute Gasteiger partial charge is 0.323 e. The van der Waals surface area contributed by atoms with Gasteiger partial charge in [-0.05, 0) is 24.3 Å². The molecule has 2 N–H and O–H groups in total. The molecule has 6 heteroatoms. The van der Waals surface area contributed by atoms with E-state index in [0.717, 1.165) is 6.07 Å². The first-order valence-electron chi connectivity index (χ1n) is 4.36. The van der Waals surface area contributed by atoms with E-state index in [1.807, 2.05) is 0 Å². The highest BCUT2D eigenvalue weighted by atomic mass is 35.5. The molecule has 0 aliphatic carbocycles. The highest BCUT2D eigenvalue weighted by molar-refractivity contribution is 6.32. The van der Waals surface area contributed by atoms with Gasteiger partial charge in [-0.15, -0.1) is 0 Å². The molecule has 0 radical (unpaired) electrons. The molecular formula is C10H7ClFN3O. The Bertz CT molecular complexity index is 521. The topological polar surface area (TPSA) is 61.0 Å². The summed E-state index contributed by atoms with van der Waals surface area (Å²) in [4.78, 5) is 7.66. The van der Waals surface area contributed by atoms with Crippen LogP contribution in [-0.2, 0) is 0 Å². The lowest BCUT2D eigenvalue weighted by atomic mass is 10.3. The molecule has 2 rings (SSSR count). The fourth-order valence-corrected chi connectivity index (χ4v) is 1.27. The first-order chi connectivity index (χ1) is 7.65. The van der Waals surface area contributed by atoms with Crippen molar-refractivity contribution < 1.29 is 9.13 Å². The molecule has 0 aliphatic rings. The van der Waals surface area contributed by atoms with E-state index in [2.05, 4.69) is 9.97 Å². The minimum atomic E-state index is -0.439. The molecule has 0 saturated carbocycles. The molecule has 0 spiro atoms. The van der Waals surface area contributed by atoms with E-state index in [1.54, 1.807) is 0 Å². The molecule has 4 nitrogen and oxygen atoms in total. The number of rotatable bonds is 2. The van der Waals surface area contributed by atoms with E-state index >= 15 is 0 Å². The second kappa shape index (κ2) is 4.32. The van der Waals surface area contributed by atoms with Gasteiger partial charge in [-0.2, -0.15) is 4.98 Å². The van der Waals surface area contributed by atoms with Crippen LogP contribution in [0, 0.1) is 5.82 Å². The molecule has 16 heavy (non-hydrogen) atoms. The van der Waals surface area contributed by atoms with E-state index in [4.69, 9.17) is 22.1 Å². The Morgan fingerprint density at radius 1 is 1.31 bits per heavy atom. The minimum absolute atomic E-state index is 0.0634. The Balaban J connectivity index is 2.27. The number of anilines is 1. The predicted octanol–water partition coefficient (Wildman–Crippen LogP) is 2.64. The quantitative estimate of drug-likeness (QED) is 0.875. The lowest BCUT2D eigenvalue weighted by molar-refractivity contribution is 0.441. The van der Waals surface area contributed by atoms with Crippen molar-refractivity contribution in [1.29, 1.82) is 0 Å². The van der Waals surface area contributed by atoms with Crippen LogP contribution in [0.4, 0.5) is 10.2 Å². The van der Waals surface area contributed by atoms with Crippen molar-refractivity contribution in [3.05, 3.63) is 41.3 Å². The summed E-state index contributed by atoms with van der Waals surface area (Å²) in [6.45, 7) is 0. The lowest BCUT2D eigenvalue weighted by Gasteiger charge is -2.05. The molecule has 0 unspecified atom stereocenters. The monoisotopic (exact) mass is 239 g/mol. The summed E-state index contributed by atoms with van der Waals surface area (Å²) in [6.07, 6.45) is 1.45. The summed E-state index contributed by atoms with van der Waals surface area (Å²) in [5, 5.41) is 0.144. The largest absolute Gasteiger partial charge is 0.423 e. The molecule has 0 saturated heterocycles. The standard InChI is InChI=1S/C10H7ClFN3O/c11-7-5-6(12)1-2-8(7)16-10-14-4-3-9(13)15-10/h1-5H,(H2,13,14,15). The van der Waals surface area contributed by atoms with Crippen LogP contribution in [0.25, 0.3) is 0 Å². The van der Waals surface area contributed by atoms with Crippen molar-refractivity contribution in [2.24, 2.45) is 0 Å². The van der Waals surface area contributed by atoms with Gasteiger partial charge in [0, 0.05) is 6.20 Å². The molecule has 82 valence electrons. The third kappa shape index (κ3) is 2.38. The summed E-state index contributed by atoms with van der Waals surface area (Å²) in [7, 11) is 0. The van der Waals surface area contributed by atoms with Crippen molar-refractivity contribution in [3.8, 4) is 11.8 Å². The van der Waals surface area contributed by atoms with Gasteiger partial charge in [-0.3, -0.25) is 0 Å². The number of aromatic nitrogens is 2. The zero-order valence-corrected chi connectivity index (χ0v) is 8.78. The van der Waals surface area contributed by atoms with Crippen molar-refractivity contribution in [2.45, 2.75) is 0 Å². The van der Waals surface area contributed by atoms with Crippen molar-refractivity contribution >= 4 is 17.4 Å². The predicted molar refractivity (Wildman–Crippen MR) is 57.9 cm³/mol. The summed E-state index contributed by atoms with van der Waals surface area (Å²) in [5.41, 5.74) is 5.45. The maximum absolute atomic E-state index is 12.8. The third-order valence-corrected chi connectivity index (χ3v) is 2.05. The first kappa shape index (κ1) is 10.6. The summed E-state index contributed by atoms with van der Waals surface area (Å²) in [5.74, 6) is 0.114. The highest BCUT2D eigenvalue weighted by Gasteiger charge is 2.06. The second-order valence-corrected chi connectivity index (χ2v) is 3.35. The van der Waals surface area contributed by atoms with E-state index in [0.29, 0.717) is 0 Å². The fraction of sp³-hybridized carbons (Fsp3) is 0. The van der Waals surface area contributed by atoms with Gasteiger partial charge in [0.05, 0.1) is 5.02 Å². The van der Waals surface area contributed by atoms with Crippen LogP contribution in [0.5, 0.6) is 11.8 Å². The minimum Gasteiger partial charge on any atom is -0.423 e. The van der Waals surface area contributed by atoms with Crippen molar-refractivity contribution in [1.82, 2.24) is 9.97 Å². The van der Waals surface area contributed by atoms with Gasteiger partial charge < -0.3 is 10.5 Å². The number of halogens is 2. The summed E-state index contributed by atoms with van der Waals surface area (Å²) < 4.78 is 18.0. The van der Waals surface area contributed by atoms with Crippen molar-refractivity contribution in [2.75, 3.05) is 5.73 Å². The molecule has 1 heterocycles.